The quantitative estimate of drug-likeness (QED) is 0.935. The molecule has 4 rings (SSSR count). The number of hydrogen-bond acceptors (Lipinski definition) is 4. The Morgan fingerprint density at radius 2 is 1.83 bits per heavy atom. The largest absolute Gasteiger partial charge is 0.369 e. The molecule has 2 aliphatic rings. The molecular formula is C19H27N5. The minimum atomic E-state index is 0.708. The fourth-order valence-corrected chi connectivity index (χ4v) is 4.07. The van der Waals surface area contributed by atoms with E-state index in [9.17, 15) is 0 Å². The molecule has 1 N–H and O–H groups in total. The molecule has 128 valence electrons. The third-order valence-corrected chi connectivity index (χ3v) is 5.39. The Bertz CT molecular complexity index is 604. The molecule has 5 heteroatoms. The first-order valence-electron chi connectivity index (χ1n) is 9.13. The molecule has 1 aromatic heterocycles. The number of rotatable bonds is 4. The molecule has 2 fully saturated rings. The van der Waals surface area contributed by atoms with Gasteiger partial charge in [0.25, 0.3) is 0 Å². The fourth-order valence-electron chi connectivity index (χ4n) is 4.07. The SMILES string of the molecule is c1ccc(N2CCN(C3CCCN(Cc4ccn[nH]4)C3)CC2)cc1. The average Bonchev–Trinajstić information content (AvgIpc) is 3.16. The van der Waals surface area contributed by atoms with E-state index in [1.54, 1.807) is 0 Å². The summed E-state index contributed by atoms with van der Waals surface area (Å²) in [5.41, 5.74) is 2.59. The Balaban J connectivity index is 1.30. The van der Waals surface area contributed by atoms with Gasteiger partial charge >= 0.3 is 0 Å². The molecule has 0 bridgehead atoms. The van der Waals surface area contributed by atoms with Crippen LogP contribution in [-0.2, 0) is 6.54 Å². The normalized spacial score (nSPS) is 23.5. The number of H-pyrrole nitrogens is 1. The van der Waals surface area contributed by atoms with Crippen LogP contribution in [0.4, 0.5) is 5.69 Å². The molecule has 3 heterocycles. The number of nitrogens with zero attached hydrogens (tertiary/aromatic N) is 4. The third-order valence-electron chi connectivity index (χ3n) is 5.39. The maximum absolute atomic E-state index is 4.07. The van der Waals surface area contributed by atoms with E-state index in [0.29, 0.717) is 6.04 Å². The first-order valence-corrected chi connectivity index (χ1v) is 9.13. The summed E-state index contributed by atoms with van der Waals surface area (Å²) in [6.07, 6.45) is 4.49. The maximum atomic E-state index is 4.07. The van der Waals surface area contributed by atoms with Gasteiger partial charge in [-0.25, -0.2) is 0 Å². The van der Waals surface area contributed by atoms with Gasteiger partial charge in [-0.05, 0) is 37.6 Å². The summed E-state index contributed by atoms with van der Waals surface area (Å²) in [4.78, 5) is 7.80. The van der Waals surface area contributed by atoms with Crippen LogP contribution in [0.25, 0.3) is 0 Å². The summed E-state index contributed by atoms with van der Waals surface area (Å²) < 4.78 is 0. The van der Waals surface area contributed by atoms with E-state index in [-0.39, 0.29) is 0 Å². The van der Waals surface area contributed by atoms with Gasteiger partial charge in [-0.15, -0.1) is 0 Å². The summed E-state index contributed by atoms with van der Waals surface area (Å²) in [6.45, 7) is 8.03. The number of piperidine rings is 1. The van der Waals surface area contributed by atoms with Crippen molar-refractivity contribution in [2.45, 2.75) is 25.4 Å². The van der Waals surface area contributed by atoms with Gasteiger partial charge in [0.05, 0.1) is 0 Å². The Morgan fingerprint density at radius 1 is 1.00 bits per heavy atom. The molecule has 0 saturated carbocycles. The standard InChI is InChI=1S/C19H27N5/c1-2-5-18(6-3-1)23-11-13-24(14-12-23)19-7-4-10-22(16-19)15-17-8-9-20-21-17/h1-3,5-6,8-9,19H,4,7,10-16H2,(H,20,21). The highest BCUT2D eigenvalue weighted by Crippen LogP contribution is 2.21. The summed E-state index contributed by atoms with van der Waals surface area (Å²) in [7, 11) is 0. The van der Waals surface area contributed by atoms with Crippen LogP contribution in [0.3, 0.4) is 0 Å². The zero-order valence-corrected chi connectivity index (χ0v) is 14.3. The number of nitrogens with one attached hydrogen (secondary N) is 1. The second-order valence-corrected chi connectivity index (χ2v) is 6.97. The van der Waals surface area contributed by atoms with E-state index >= 15 is 0 Å². The molecule has 24 heavy (non-hydrogen) atoms. The molecule has 2 aliphatic heterocycles. The predicted molar refractivity (Wildman–Crippen MR) is 97.1 cm³/mol. The molecule has 1 unspecified atom stereocenters. The lowest BCUT2D eigenvalue weighted by Crippen LogP contribution is -2.55. The van der Waals surface area contributed by atoms with Gasteiger partial charge < -0.3 is 4.90 Å². The van der Waals surface area contributed by atoms with Crippen molar-refractivity contribution >= 4 is 5.69 Å². The van der Waals surface area contributed by atoms with Crippen molar-refractivity contribution in [2.75, 3.05) is 44.2 Å². The minimum Gasteiger partial charge on any atom is -0.369 e. The first-order chi connectivity index (χ1) is 11.9. The summed E-state index contributed by atoms with van der Waals surface area (Å²) in [5.74, 6) is 0. The topological polar surface area (TPSA) is 38.4 Å². The second-order valence-electron chi connectivity index (χ2n) is 6.97. The highest BCUT2D eigenvalue weighted by Gasteiger charge is 2.28. The van der Waals surface area contributed by atoms with Gasteiger partial charge in [0.15, 0.2) is 0 Å². The van der Waals surface area contributed by atoms with E-state index in [1.807, 2.05) is 6.20 Å². The molecular weight excluding hydrogens is 298 g/mol. The summed E-state index contributed by atoms with van der Waals surface area (Å²) >= 11 is 0. The van der Waals surface area contributed by atoms with E-state index in [1.165, 1.54) is 50.4 Å². The number of likely N-dealkylation sites (tertiary alicyclic amines) is 1. The summed E-state index contributed by atoms with van der Waals surface area (Å²) in [5, 5.41) is 7.16. The third kappa shape index (κ3) is 3.62. The van der Waals surface area contributed by atoms with Gasteiger partial charge in [-0.1, -0.05) is 18.2 Å². The van der Waals surface area contributed by atoms with Crippen LogP contribution in [0.15, 0.2) is 42.6 Å². The molecule has 1 aromatic carbocycles. The zero-order valence-electron chi connectivity index (χ0n) is 14.3. The molecule has 0 aliphatic carbocycles. The van der Waals surface area contributed by atoms with Crippen LogP contribution in [-0.4, -0.2) is 65.3 Å². The zero-order chi connectivity index (χ0) is 16.2. The number of piperazine rings is 1. The fraction of sp³-hybridized carbons (Fsp3) is 0.526. The van der Waals surface area contributed by atoms with Crippen LogP contribution < -0.4 is 4.90 Å². The van der Waals surface area contributed by atoms with Crippen LogP contribution in [0.2, 0.25) is 0 Å². The van der Waals surface area contributed by atoms with Crippen molar-refractivity contribution in [2.24, 2.45) is 0 Å². The van der Waals surface area contributed by atoms with E-state index < -0.39 is 0 Å². The lowest BCUT2D eigenvalue weighted by atomic mass is 10.0. The van der Waals surface area contributed by atoms with Crippen LogP contribution >= 0.6 is 0 Å². The van der Waals surface area contributed by atoms with Gasteiger partial charge in [-0.3, -0.25) is 14.9 Å². The molecule has 2 saturated heterocycles. The Labute approximate surface area is 144 Å². The van der Waals surface area contributed by atoms with Gasteiger partial charge in [0.2, 0.25) is 0 Å². The van der Waals surface area contributed by atoms with Crippen molar-refractivity contribution in [1.29, 1.82) is 0 Å². The lowest BCUT2D eigenvalue weighted by Gasteiger charge is -2.44. The Morgan fingerprint density at radius 3 is 2.58 bits per heavy atom. The smallest absolute Gasteiger partial charge is 0.0492 e. The number of para-hydroxylation sites is 1. The minimum absolute atomic E-state index is 0.708. The van der Waals surface area contributed by atoms with E-state index in [0.717, 1.165) is 19.6 Å². The van der Waals surface area contributed by atoms with Gasteiger partial charge in [0, 0.05) is 62.9 Å². The van der Waals surface area contributed by atoms with Crippen molar-refractivity contribution in [3.8, 4) is 0 Å². The summed E-state index contributed by atoms with van der Waals surface area (Å²) in [6, 6.07) is 13.6. The lowest BCUT2D eigenvalue weighted by molar-refractivity contribution is 0.0881. The molecule has 0 radical (unpaired) electrons. The highest BCUT2D eigenvalue weighted by atomic mass is 15.3. The van der Waals surface area contributed by atoms with Crippen molar-refractivity contribution < 1.29 is 0 Å². The Hall–Kier alpha value is -1.85. The maximum Gasteiger partial charge on any atom is 0.0492 e. The number of aromatic amines is 1. The van der Waals surface area contributed by atoms with Gasteiger partial charge in [0.1, 0.15) is 0 Å². The molecule has 1 atom stereocenters. The number of aromatic nitrogens is 2. The average molecular weight is 325 g/mol. The molecule has 2 aromatic rings. The van der Waals surface area contributed by atoms with Crippen molar-refractivity contribution in [1.82, 2.24) is 20.0 Å². The van der Waals surface area contributed by atoms with E-state index in [4.69, 9.17) is 0 Å². The van der Waals surface area contributed by atoms with Crippen LogP contribution in [0.5, 0.6) is 0 Å². The van der Waals surface area contributed by atoms with Gasteiger partial charge in [-0.2, -0.15) is 5.10 Å². The monoisotopic (exact) mass is 325 g/mol. The predicted octanol–water partition coefficient (Wildman–Crippen LogP) is 2.20. The first kappa shape index (κ1) is 15.7. The van der Waals surface area contributed by atoms with E-state index in [2.05, 4.69) is 61.3 Å². The van der Waals surface area contributed by atoms with Crippen LogP contribution in [0, 0.1) is 0 Å². The molecule has 5 nitrogen and oxygen atoms in total. The number of hydrogen-bond donors (Lipinski definition) is 1. The Kier molecular flexibility index (Phi) is 4.81. The second kappa shape index (κ2) is 7.36. The van der Waals surface area contributed by atoms with Crippen molar-refractivity contribution in [3.63, 3.8) is 0 Å². The highest BCUT2D eigenvalue weighted by molar-refractivity contribution is 5.46. The molecule has 0 spiro atoms. The number of benzene rings is 1. The van der Waals surface area contributed by atoms with Crippen molar-refractivity contribution in [3.05, 3.63) is 48.3 Å². The molecule has 0 amide bonds. The number of anilines is 1. The van der Waals surface area contributed by atoms with Crippen LogP contribution in [0.1, 0.15) is 18.5 Å².